The highest BCUT2D eigenvalue weighted by atomic mass is 32.3. The van der Waals surface area contributed by atoms with Gasteiger partial charge in [0.2, 0.25) is 0 Å². The first-order valence-electron chi connectivity index (χ1n) is 4.31. The second kappa shape index (κ2) is 5.06. The normalized spacial score (nSPS) is 13.3. The highest BCUT2D eigenvalue weighted by Crippen LogP contribution is 2.08. The lowest BCUT2D eigenvalue weighted by Crippen LogP contribution is -2.29. The molecule has 0 bridgehead atoms. The fourth-order valence-corrected chi connectivity index (χ4v) is 1.58. The van der Waals surface area contributed by atoms with Crippen molar-refractivity contribution < 1.29 is 27.1 Å². The molecule has 1 rings (SSSR count). The minimum atomic E-state index is -4.77. The van der Waals surface area contributed by atoms with Crippen LogP contribution in [-0.2, 0) is 25.8 Å². The number of hydrogen-bond acceptors (Lipinski definition) is 4. The van der Waals surface area contributed by atoms with Gasteiger partial charge >= 0.3 is 16.4 Å². The molecule has 0 amide bonds. The molecule has 1 atom stereocenters. The Morgan fingerprint density at radius 2 is 1.88 bits per heavy atom. The van der Waals surface area contributed by atoms with Gasteiger partial charge in [-0.3, -0.25) is 4.55 Å². The Bertz CT molecular complexity index is 452. The van der Waals surface area contributed by atoms with Gasteiger partial charge in [0.05, 0.1) is 0 Å². The topological polar surface area (TPSA) is 101 Å². The van der Waals surface area contributed by atoms with Crippen molar-refractivity contribution in [1.29, 1.82) is 0 Å². The molecule has 0 saturated carbocycles. The number of hydrogen-bond donors (Lipinski definition) is 2. The molecule has 7 heteroatoms. The molecule has 0 aliphatic rings. The van der Waals surface area contributed by atoms with Crippen LogP contribution >= 0.6 is 0 Å². The zero-order valence-electron chi connectivity index (χ0n) is 8.11. The Morgan fingerprint density at radius 3 is 2.31 bits per heavy atom. The summed E-state index contributed by atoms with van der Waals surface area (Å²) in [5.74, 6) is -1.46. The lowest BCUT2D eigenvalue weighted by atomic mass is 10.1. The molecule has 0 saturated heterocycles. The third-order valence-electron chi connectivity index (χ3n) is 1.78. The maximum Gasteiger partial charge on any atom is 0.398 e. The summed E-state index contributed by atoms with van der Waals surface area (Å²) in [6.07, 6.45) is -1.77. The maximum atomic E-state index is 10.7. The summed E-state index contributed by atoms with van der Waals surface area (Å²) < 4.78 is 33.2. The summed E-state index contributed by atoms with van der Waals surface area (Å²) in [5.41, 5.74) is 0.596. The number of rotatable bonds is 5. The number of carboxylic acid groups (broad SMARTS) is 1. The van der Waals surface area contributed by atoms with Gasteiger partial charge in [0.25, 0.3) is 0 Å². The van der Waals surface area contributed by atoms with Gasteiger partial charge in [-0.25, -0.2) is 8.98 Å². The van der Waals surface area contributed by atoms with Crippen molar-refractivity contribution in [3.05, 3.63) is 35.9 Å². The van der Waals surface area contributed by atoms with Crippen LogP contribution in [0.4, 0.5) is 0 Å². The van der Waals surface area contributed by atoms with Crippen LogP contribution < -0.4 is 0 Å². The molecule has 0 heterocycles. The zero-order chi connectivity index (χ0) is 12.2. The van der Waals surface area contributed by atoms with Crippen LogP contribution in [-0.4, -0.2) is 30.2 Å². The van der Waals surface area contributed by atoms with Crippen molar-refractivity contribution in [3.8, 4) is 0 Å². The Hall–Kier alpha value is -1.44. The molecule has 0 aliphatic heterocycles. The molecule has 0 radical (unpaired) electrons. The van der Waals surface area contributed by atoms with Crippen LogP contribution in [0.15, 0.2) is 30.3 Å². The molecular formula is C9H10O6S. The van der Waals surface area contributed by atoms with Gasteiger partial charge in [-0.1, -0.05) is 30.3 Å². The minimum absolute atomic E-state index is 0.143. The summed E-state index contributed by atoms with van der Waals surface area (Å²) in [4.78, 5) is 10.7. The first-order valence-corrected chi connectivity index (χ1v) is 5.67. The average Bonchev–Trinajstić information content (AvgIpc) is 2.16. The van der Waals surface area contributed by atoms with Gasteiger partial charge in [0.1, 0.15) is 0 Å². The smallest absolute Gasteiger partial charge is 0.398 e. The predicted octanol–water partition coefficient (Wildman–Crippen LogP) is 0.502. The first kappa shape index (κ1) is 12.6. The number of carbonyl (C=O) groups is 1. The van der Waals surface area contributed by atoms with E-state index in [0.29, 0.717) is 5.56 Å². The third kappa shape index (κ3) is 4.39. The average molecular weight is 246 g/mol. The molecule has 0 fully saturated rings. The van der Waals surface area contributed by atoms with E-state index in [2.05, 4.69) is 4.18 Å². The van der Waals surface area contributed by atoms with Crippen LogP contribution in [0, 0.1) is 0 Å². The molecule has 1 aromatic rings. The van der Waals surface area contributed by atoms with Crippen LogP contribution in [0.1, 0.15) is 5.56 Å². The Balaban J connectivity index is 2.77. The maximum absolute atomic E-state index is 10.7. The molecule has 0 aromatic heterocycles. The largest absolute Gasteiger partial charge is 0.479 e. The van der Waals surface area contributed by atoms with Crippen LogP contribution in [0.25, 0.3) is 0 Å². The molecule has 0 aliphatic carbocycles. The summed E-state index contributed by atoms with van der Waals surface area (Å²) in [5, 5.41) is 8.70. The fraction of sp³-hybridized carbons (Fsp3) is 0.222. The van der Waals surface area contributed by atoms with E-state index in [4.69, 9.17) is 9.66 Å². The van der Waals surface area contributed by atoms with E-state index in [-0.39, 0.29) is 6.42 Å². The molecule has 16 heavy (non-hydrogen) atoms. The summed E-state index contributed by atoms with van der Waals surface area (Å²) in [6, 6.07) is 8.36. The van der Waals surface area contributed by atoms with Gasteiger partial charge < -0.3 is 5.11 Å². The highest BCUT2D eigenvalue weighted by molar-refractivity contribution is 7.80. The summed E-state index contributed by atoms with van der Waals surface area (Å²) in [6.45, 7) is 0. The minimum Gasteiger partial charge on any atom is -0.479 e. The van der Waals surface area contributed by atoms with Gasteiger partial charge in [-0.05, 0) is 5.56 Å². The molecule has 0 spiro atoms. The standard InChI is InChI=1S/C9H10O6S/c10-9(11)8(15-16(12,13)14)6-7-4-2-1-3-5-7/h1-5,8H,6H2,(H,10,11)(H,12,13,14). The Kier molecular flexibility index (Phi) is 3.99. The van der Waals surface area contributed by atoms with Crippen LogP contribution in [0.2, 0.25) is 0 Å². The van der Waals surface area contributed by atoms with E-state index in [1.165, 1.54) is 0 Å². The van der Waals surface area contributed by atoms with Gasteiger partial charge in [0, 0.05) is 6.42 Å². The van der Waals surface area contributed by atoms with E-state index in [1.54, 1.807) is 30.3 Å². The number of aliphatic carboxylic acids is 1. The second-order valence-electron chi connectivity index (χ2n) is 3.04. The van der Waals surface area contributed by atoms with E-state index in [9.17, 15) is 13.2 Å². The van der Waals surface area contributed by atoms with Crippen LogP contribution in [0.5, 0.6) is 0 Å². The van der Waals surface area contributed by atoms with Crippen molar-refractivity contribution in [1.82, 2.24) is 0 Å². The van der Waals surface area contributed by atoms with E-state index >= 15 is 0 Å². The van der Waals surface area contributed by atoms with Gasteiger partial charge in [0.15, 0.2) is 6.10 Å². The monoisotopic (exact) mass is 246 g/mol. The first-order chi connectivity index (χ1) is 7.38. The summed E-state index contributed by atoms with van der Waals surface area (Å²) >= 11 is 0. The van der Waals surface area contributed by atoms with Crippen molar-refractivity contribution >= 4 is 16.4 Å². The lowest BCUT2D eigenvalue weighted by molar-refractivity contribution is -0.145. The number of carboxylic acids is 1. The van der Waals surface area contributed by atoms with Crippen molar-refractivity contribution in [2.45, 2.75) is 12.5 Å². The molecular weight excluding hydrogens is 236 g/mol. The molecule has 2 N–H and O–H groups in total. The van der Waals surface area contributed by atoms with E-state index < -0.39 is 22.5 Å². The molecule has 1 unspecified atom stereocenters. The van der Waals surface area contributed by atoms with Gasteiger partial charge in [-0.2, -0.15) is 8.42 Å². The Morgan fingerprint density at radius 1 is 1.31 bits per heavy atom. The third-order valence-corrected chi connectivity index (χ3v) is 2.25. The second-order valence-corrected chi connectivity index (χ2v) is 4.09. The lowest BCUT2D eigenvalue weighted by Gasteiger charge is -2.10. The fourth-order valence-electron chi connectivity index (χ4n) is 1.14. The van der Waals surface area contributed by atoms with Crippen molar-refractivity contribution in [3.63, 3.8) is 0 Å². The highest BCUT2D eigenvalue weighted by Gasteiger charge is 2.24. The van der Waals surface area contributed by atoms with E-state index in [1.807, 2.05) is 0 Å². The number of benzene rings is 1. The van der Waals surface area contributed by atoms with Gasteiger partial charge in [-0.15, -0.1) is 0 Å². The molecule has 1 aromatic carbocycles. The molecule has 88 valence electrons. The predicted molar refractivity (Wildman–Crippen MR) is 54.2 cm³/mol. The van der Waals surface area contributed by atoms with E-state index in [0.717, 1.165) is 0 Å². The SMILES string of the molecule is O=C(O)C(Cc1ccccc1)OS(=O)(=O)O. The van der Waals surface area contributed by atoms with Crippen molar-refractivity contribution in [2.75, 3.05) is 0 Å². The summed E-state index contributed by atoms with van der Waals surface area (Å²) in [7, 11) is -4.77. The Labute approximate surface area is 92.4 Å². The van der Waals surface area contributed by atoms with Crippen molar-refractivity contribution in [2.24, 2.45) is 0 Å². The zero-order valence-corrected chi connectivity index (χ0v) is 8.92. The molecule has 6 nitrogen and oxygen atoms in total. The van der Waals surface area contributed by atoms with Crippen LogP contribution in [0.3, 0.4) is 0 Å². The quantitative estimate of drug-likeness (QED) is 0.734.